The van der Waals surface area contributed by atoms with Gasteiger partial charge >= 0.3 is 0 Å². The van der Waals surface area contributed by atoms with Crippen molar-refractivity contribution in [3.63, 3.8) is 0 Å². The third kappa shape index (κ3) is 2.50. The number of rotatable bonds is 2. The van der Waals surface area contributed by atoms with E-state index >= 15 is 0 Å². The van der Waals surface area contributed by atoms with Crippen LogP contribution in [0, 0.1) is 11.8 Å². The van der Waals surface area contributed by atoms with E-state index in [2.05, 4.69) is 22.2 Å². The van der Waals surface area contributed by atoms with Crippen molar-refractivity contribution in [2.24, 2.45) is 11.8 Å². The van der Waals surface area contributed by atoms with Gasteiger partial charge in [-0.2, -0.15) is 0 Å². The lowest BCUT2D eigenvalue weighted by Crippen LogP contribution is -2.25. The Morgan fingerprint density at radius 3 is 3.00 bits per heavy atom. The number of carbonyl (C=O) groups excluding carboxylic acids is 1. The molecule has 1 heterocycles. The average Bonchev–Trinajstić information content (AvgIpc) is 2.64. The van der Waals surface area contributed by atoms with Crippen molar-refractivity contribution >= 4 is 23.3 Å². The molecule has 0 saturated heterocycles. The van der Waals surface area contributed by atoms with Crippen molar-refractivity contribution in [3.05, 3.63) is 17.5 Å². The van der Waals surface area contributed by atoms with E-state index < -0.39 is 0 Å². The summed E-state index contributed by atoms with van der Waals surface area (Å²) in [7, 11) is 0. The fourth-order valence-corrected chi connectivity index (χ4v) is 2.31. The van der Waals surface area contributed by atoms with Gasteiger partial charge in [0.05, 0.1) is 0 Å². The summed E-state index contributed by atoms with van der Waals surface area (Å²) < 4.78 is 0. The van der Waals surface area contributed by atoms with Crippen LogP contribution in [0.3, 0.4) is 0 Å². The van der Waals surface area contributed by atoms with Crippen LogP contribution in [-0.4, -0.2) is 15.9 Å². The zero-order valence-corrected chi connectivity index (χ0v) is 9.87. The van der Waals surface area contributed by atoms with E-state index in [-0.39, 0.29) is 17.1 Å². The molecule has 0 bridgehead atoms. The molecule has 2 unspecified atom stereocenters. The third-order valence-corrected chi connectivity index (χ3v) is 3.26. The molecule has 0 aliphatic heterocycles. The normalized spacial score (nSPS) is 24.4. The lowest BCUT2D eigenvalue weighted by molar-refractivity contribution is -0.120. The Balaban J connectivity index is 2.02. The van der Waals surface area contributed by atoms with Gasteiger partial charge in [-0.25, -0.2) is 9.97 Å². The van der Waals surface area contributed by atoms with Crippen LogP contribution in [0.2, 0.25) is 5.28 Å². The molecule has 1 aromatic rings. The van der Waals surface area contributed by atoms with Gasteiger partial charge in [0.2, 0.25) is 11.2 Å². The lowest BCUT2D eigenvalue weighted by Gasteiger charge is -2.14. The predicted molar refractivity (Wildman–Crippen MR) is 62.2 cm³/mol. The van der Waals surface area contributed by atoms with Crippen LogP contribution in [0.25, 0.3) is 0 Å². The van der Waals surface area contributed by atoms with Crippen molar-refractivity contribution < 1.29 is 4.79 Å². The van der Waals surface area contributed by atoms with E-state index in [1.807, 2.05) is 0 Å². The van der Waals surface area contributed by atoms with Crippen molar-refractivity contribution in [2.75, 3.05) is 5.32 Å². The smallest absolute Gasteiger partial charge is 0.228 e. The van der Waals surface area contributed by atoms with Gasteiger partial charge in [-0.1, -0.05) is 13.3 Å². The quantitative estimate of drug-likeness (QED) is 0.807. The van der Waals surface area contributed by atoms with Gasteiger partial charge in [0, 0.05) is 12.1 Å². The second kappa shape index (κ2) is 4.78. The molecule has 1 fully saturated rings. The van der Waals surface area contributed by atoms with Crippen LogP contribution in [0.1, 0.15) is 26.2 Å². The van der Waals surface area contributed by atoms with Crippen molar-refractivity contribution in [2.45, 2.75) is 26.2 Å². The molecular weight excluding hydrogens is 226 g/mol. The van der Waals surface area contributed by atoms with Crippen molar-refractivity contribution in [1.29, 1.82) is 0 Å². The number of aromatic nitrogens is 2. The van der Waals surface area contributed by atoms with Crippen LogP contribution < -0.4 is 5.32 Å². The van der Waals surface area contributed by atoms with Crippen LogP contribution in [0.15, 0.2) is 12.3 Å². The Kier molecular flexibility index (Phi) is 3.39. The van der Waals surface area contributed by atoms with Gasteiger partial charge in [-0.05, 0) is 36.4 Å². The number of hydrogen-bond acceptors (Lipinski definition) is 3. The summed E-state index contributed by atoms with van der Waals surface area (Å²) in [6, 6.07) is 1.64. The van der Waals surface area contributed by atoms with Crippen molar-refractivity contribution in [3.8, 4) is 0 Å². The maximum absolute atomic E-state index is 11.9. The van der Waals surface area contributed by atoms with Crippen LogP contribution >= 0.6 is 11.6 Å². The van der Waals surface area contributed by atoms with Crippen molar-refractivity contribution in [1.82, 2.24) is 9.97 Å². The first-order chi connectivity index (χ1) is 7.66. The predicted octanol–water partition coefficient (Wildman–Crippen LogP) is 2.50. The summed E-state index contributed by atoms with van der Waals surface area (Å²) in [6.07, 6.45) is 4.75. The molecular formula is C11H14ClN3O. The SMILES string of the molecule is CC1CCCC1C(=O)Nc1ccnc(Cl)n1. The molecule has 2 rings (SSSR count). The molecule has 1 N–H and O–H groups in total. The molecule has 0 spiro atoms. The monoisotopic (exact) mass is 239 g/mol. The zero-order chi connectivity index (χ0) is 11.5. The number of hydrogen-bond donors (Lipinski definition) is 1. The Hall–Kier alpha value is -1.16. The van der Waals surface area contributed by atoms with E-state index in [0.717, 1.165) is 19.3 Å². The number of amides is 1. The molecule has 1 saturated carbocycles. The standard InChI is InChI=1S/C11H14ClN3O/c1-7-3-2-4-8(7)10(16)14-9-5-6-13-11(12)15-9/h5-8H,2-4H2,1H3,(H,13,14,15,16). The van der Waals surface area contributed by atoms with Crippen LogP contribution in [0.4, 0.5) is 5.82 Å². The highest BCUT2D eigenvalue weighted by Gasteiger charge is 2.29. The maximum Gasteiger partial charge on any atom is 0.228 e. The molecule has 1 amide bonds. The maximum atomic E-state index is 11.9. The summed E-state index contributed by atoms with van der Waals surface area (Å²) >= 11 is 5.64. The third-order valence-electron chi connectivity index (χ3n) is 3.08. The summed E-state index contributed by atoms with van der Waals surface area (Å²) in [5, 5.41) is 2.93. The Bertz CT molecular complexity index is 397. The Morgan fingerprint density at radius 2 is 2.38 bits per heavy atom. The van der Waals surface area contributed by atoms with Gasteiger partial charge in [-0.15, -0.1) is 0 Å². The van der Waals surface area contributed by atoms with Gasteiger partial charge in [0.25, 0.3) is 0 Å². The summed E-state index contributed by atoms with van der Waals surface area (Å²) in [5.74, 6) is 1.08. The summed E-state index contributed by atoms with van der Waals surface area (Å²) in [6.45, 7) is 2.12. The minimum atomic E-state index is 0.0415. The molecule has 0 aromatic carbocycles. The highest BCUT2D eigenvalue weighted by atomic mass is 35.5. The van der Waals surface area contributed by atoms with Gasteiger partial charge in [0.15, 0.2) is 0 Å². The number of carbonyl (C=O) groups is 1. The molecule has 5 heteroatoms. The average molecular weight is 240 g/mol. The van der Waals surface area contributed by atoms with E-state index in [4.69, 9.17) is 11.6 Å². The minimum Gasteiger partial charge on any atom is -0.310 e. The molecule has 1 aliphatic rings. The number of nitrogens with zero attached hydrogens (tertiary/aromatic N) is 2. The fourth-order valence-electron chi connectivity index (χ4n) is 2.16. The zero-order valence-electron chi connectivity index (χ0n) is 9.11. The minimum absolute atomic E-state index is 0.0415. The summed E-state index contributed by atoms with van der Waals surface area (Å²) in [5.41, 5.74) is 0. The number of halogens is 1. The van der Waals surface area contributed by atoms with Gasteiger partial charge in [0.1, 0.15) is 5.82 Å². The first kappa shape index (κ1) is 11.3. The molecule has 2 atom stereocenters. The Labute approximate surface area is 99.4 Å². The van der Waals surface area contributed by atoms with Gasteiger partial charge < -0.3 is 5.32 Å². The van der Waals surface area contributed by atoms with Gasteiger partial charge in [-0.3, -0.25) is 4.79 Å². The molecule has 1 aliphatic carbocycles. The first-order valence-corrected chi connectivity index (χ1v) is 5.84. The molecule has 16 heavy (non-hydrogen) atoms. The highest BCUT2D eigenvalue weighted by Crippen LogP contribution is 2.31. The second-order valence-corrected chi connectivity index (χ2v) is 4.55. The van der Waals surface area contributed by atoms with E-state index in [0.29, 0.717) is 11.7 Å². The first-order valence-electron chi connectivity index (χ1n) is 5.46. The largest absolute Gasteiger partial charge is 0.310 e. The molecule has 1 aromatic heterocycles. The topological polar surface area (TPSA) is 54.9 Å². The number of anilines is 1. The van der Waals surface area contributed by atoms with E-state index in [9.17, 15) is 4.79 Å². The molecule has 0 radical (unpaired) electrons. The molecule has 86 valence electrons. The van der Waals surface area contributed by atoms with E-state index in [1.165, 1.54) is 6.20 Å². The van der Waals surface area contributed by atoms with Crippen LogP contribution in [-0.2, 0) is 4.79 Å². The molecule has 4 nitrogen and oxygen atoms in total. The van der Waals surface area contributed by atoms with E-state index in [1.54, 1.807) is 6.07 Å². The summed E-state index contributed by atoms with van der Waals surface area (Å²) in [4.78, 5) is 19.6. The number of nitrogens with one attached hydrogen (secondary N) is 1. The lowest BCUT2D eigenvalue weighted by atomic mass is 9.97. The second-order valence-electron chi connectivity index (χ2n) is 4.21. The fraction of sp³-hybridized carbons (Fsp3) is 0.545. The Morgan fingerprint density at radius 1 is 1.56 bits per heavy atom. The van der Waals surface area contributed by atoms with Crippen LogP contribution in [0.5, 0.6) is 0 Å². The highest BCUT2D eigenvalue weighted by molar-refractivity contribution is 6.28.